The number of urea groups is 1. The number of amides is 2. The second-order valence-electron chi connectivity index (χ2n) is 4.11. The molecular formula is C11H14N4O3. The van der Waals surface area contributed by atoms with Gasteiger partial charge in [-0.2, -0.15) is 0 Å². The van der Waals surface area contributed by atoms with Gasteiger partial charge in [0, 0.05) is 12.2 Å². The van der Waals surface area contributed by atoms with Crippen LogP contribution < -0.4 is 5.32 Å². The fraction of sp³-hybridized carbons (Fsp3) is 0.455. The lowest BCUT2D eigenvalue weighted by molar-refractivity contribution is -0.137. The first kappa shape index (κ1) is 12.3. The van der Waals surface area contributed by atoms with Gasteiger partial charge in [0.25, 0.3) is 0 Å². The number of carboxylic acid groups (broad SMARTS) is 1. The highest BCUT2D eigenvalue weighted by Gasteiger charge is 2.33. The largest absolute Gasteiger partial charge is 0.480 e. The van der Waals surface area contributed by atoms with Gasteiger partial charge in [-0.05, 0) is 18.9 Å². The number of aliphatic carboxylic acids is 1. The molecule has 1 saturated carbocycles. The van der Waals surface area contributed by atoms with Crippen molar-refractivity contribution in [3.8, 4) is 0 Å². The van der Waals surface area contributed by atoms with E-state index in [9.17, 15) is 9.59 Å². The topological polar surface area (TPSA) is 95.4 Å². The molecule has 1 fully saturated rings. The van der Waals surface area contributed by atoms with Crippen LogP contribution in [0.3, 0.4) is 0 Å². The number of nitrogens with zero attached hydrogens (tertiary/aromatic N) is 3. The highest BCUT2D eigenvalue weighted by atomic mass is 16.4. The number of rotatable bonds is 5. The second-order valence-corrected chi connectivity index (χ2v) is 4.11. The minimum Gasteiger partial charge on any atom is -0.480 e. The van der Waals surface area contributed by atoms with Crippen molar-refractivity contribution in [3.05, 3.63) is 24.3 Å². The van der Waals surface area contributed by atoms with Crippen molar-refractivity contribution in [3.63, 3.8) is 0 Å². The highest BCUT2D eigenvalue weighted by molar-refractivity contribution is 5.80. The number of nitrogens with one attached hydrogen (secondary N) is 1. The molecule has 1 heterocycles. The van der Waals surface area contributed by atoms with Crippen LogP contribution in [-0.2, 0) is 11.3 Å². The molecule has 0 unspecified atom stereocenters. The smallest absolute Gasteiger partial charge is 0.323 e. The zero-order valence-electron chi connectivity index (χ0n) is 9.74. The maximum absolute atomic E-state index is 11.8. The molecule has 18 heavy (non-hydrogen) atoms. The molecule has 1 aliphatic carbocycles. The standard InChI is InChI=1S/C11H14N4O3/c16-10(17)6-15(9-1-2-9)11(18)13-5-8-3-4-12-7-14-8/h3-4,7,9H,1-2,5-6H2,(H,13,18)(H,16,17). The molecule has 96 valence electrons. The van der Waals surface area contributed by atoms with Crippen LogP contribution in [0.15, 0.2) is 18.6 Å². The van der Waals surface area contributed by atoms with E-state index in [2.05, 4.69) is 15.3 Å². The van der Waals surface area contributed by atoms with Crippen LogP contribution in [0.4, 0.5) is 4.79 Å². The molecule has 0 aliphatic heterocycles. The van der Waals surface area contributed by atoms with Crippen LogP contribution in [0.25, 0.3) is 0 Å². The number of hydrogen-bond acceptors (Lipinski definition) is 4. The fourth-order valence-electron chi connectivity index (χ4n) is 1.59. The molecule has 0 bridgehead atoms. The van der Waals surface area contributed by atoms with Crippen LogP contribution in [0.1, 0.15) is 18.5 Å². The molecule has 2 amide bonds. The Morgan fingerprint density at radius 2 is 2.28 bits per heavy atom. The Morgan fingerprint density at radius 3 is 2.83 bits per heavy atom. The number of carbonyl (C=O) groups excluding carboxylic acids is 1. The maximum Gasteiger partial charge on any atom is 0.323 e. The number of aromatic nitrogens is 2. The summed E-state index contributed by atoms with van der Waals surface area (Å²) in [4.78, 5) is 31.6. The minimum absolute atomic E-state index is 0.0616. The zero-order valence-corrected chi connectivity index (χ0v) is 9.74. The van der Waals surface area contributed by atoms with Crippen LogP contribution in [0.5, 0.6) is 0 Å². The molecule has 7 heteroatoms. The molecule has 0 saturated heterocycles. The van der Waals surface area contributed by atoms with Crippen LogP contribution in [0, 0.1) is 0 Å². The lowest BCUT2D eigenvalue weighted by Crippen LogP contribution is -2.43. The summed E-state index contributed by atoms with van der Waals surface area (Å²) in [6.45, 7) is 0.00443. The summed E-state index contributed by atoms with van der Waals surface area (Å²) < 4.78 is 0. The third kappa shape index (κ3) is 3.41. The summed E-state index contributed by atoms with van der Waals surface area (Å²) in [5.41, 5.74) is 0.685. The maximum atomic E-state index is 11.8. The molecule has 0 spiro atoms. The molecule has 0 aromatic carbocycles. The van der Waals surface area contributed by atoms with Crippen molar-refractivity contribution in [1.82, 2.24) is 20.2 Å². The van der Waals surface area contributed by atoms with Crippen molar-refractivity contribution in [2.45, 2.75) is 25.4 Å². The van der Waals surface area contributed by atoms with E-state index in [0.717, 1.165) is 12.8 Å². The van der Waals surface area contributed by atoms with Gasteiger partial charge in [-0.1, -0.05) is 0 Å². The Labute approximate surface area is 104 Å². The molecule has 1 aromatic heterocycles. The quantitative estimate of drug-likeness (QED) is 0.780. The Morgan fingerprint density at radius 1 is 1.50 bits per heavy atom. The van der Waals surface area contributed by atoms with E-state index in [1.807, 2.05) is 0 Å². The molecule has 1 aromatic rings. The van der Waals surface area contributed by atoms with Crippen molar-refractivity contribution < 1.29 is 14.7 Å². The van der Waals surface area contributed by atoms with E-state index >= 15 is 0 Å². The second kappa shape index (κ2) is 5.44. The molecule has 1 aliphatic rings. The van der Waals surface area contributed by atoms with E-state index in [-0.39, 0.29) is 25.2 Å². The van der Waals surface area contributed by atoms with Crippen LogP contribution >= 0.6 is 0 Å². The van der Waals surface area contributed by atoms with Gasteiger partial charge in [-0.3, -0.25) is 4.79 Å². The summed E-state index contributed by atoms with van der Waals surface area (Å²) in [5.74, 6) is -1.00. The summed E-state index contributed by atoms with van der Waals surface area (Å²) in [5, 5.41) is 11.4. The van der Waals surface area contributed by atoms with E-state index < -0.39 is 5.97 Å². The van der Waals surface area contributed by atoms with Crippen molar-refractivity contribution in [1.29, 1.82) is 0 Å². The third-order valence-electron chi connectivity index (χ3n) is 2.62. The normalized spacial score (nSPS) is 14.0. The molecule has 7 nitrogen and oxygen atoms in total. The predicted molar refractivity (Wildman–Crippen MR) is 61.6 cm³/mol. The van der Waals surface area contributed by atoms with E-state index in [4.69, 9.17) is 5.11 Å². The fourth-order valence-corrected chi connectivity index (χ4v) is 1.59. The lowest BCUT2D eigenvalue weighted by Gasteiger charge is -2.20. The average molecular weight is 250 g/mol. The van der Waals surface area contributed by atoms with Gasteiger partial charge >= 0.3 is 12.0 Å². The van der Waals surface area contributed by atoms with Gasteiger partial charge in [0.1, 0.15) is 12.9 Å². The lowest BCUT2D eigenvalue weighted by atomic mass is 10.4. The SMILES string of the molecule is O=C(O)CN(C(=O)NCc1ccncn1)C1CC1. The van der Waals surface area contributed by atoms with Gasteiger partial charge in [0.2, 0.25) is 0 Å². The van der Waals surface area contributed by atoms with Crippen molar-refractivity contribution >= 4 is 12.0 Å². The zero-order chi connectivity index (χ0) is 13.0. The number of carboxylic acids is 1. The third-order valence-corrected chi connectivity index (χ3v) is 2.62. The summed E-state index contributed by atoms with van der Waals surface area (Å²) in [7, 11) is 0. The molecular weight excluding hydrogens is 236 g/mol. The number of carbonyl (C=O) groups is 2. The van der Waals surface area contributed by atoms with Crippen molar-refractivity contribution in [2.24, 2.45) is 0 Å². The first-order chi connectivity index (χ1) is 8.66. The van der Waals surface area contributed by atoms with Crippen LogP contribution in [0.2, 0.25) is 0 Å². The van der Waals surface area contributed by atoms with E-state index in [1.54, 1.807) is 12.3 Å². The van der Waals surface area contributed by atoms with Gasteiger partial charge < -0.3 is 15.3 Å². The number of hydrogen-bond donors (Lipinski definition) is 2. The first-order valence-electron chi connectivity index (χ1n) is 5.68. The van der Waals surface area contributed by atoms with Gasteiger partial charge in [-0.15, -0.1) is 0 Å². The summed E-state index contributed by atoms with van der Waals surface area (Å²) in [6, 6.07) is 1.39. The van der Waals surface area contributed by atoms with Crippen LogP contribution in [-0.4, -0.2) is 44.6 Å². The van der Waals surface area contributed by atoms with E-state index in [1.165, 1.54) is 11.2 Å². The Kier molecular flexibility index (Phi) is 3.71. The predicted octanol–water partition coefficient (Wildman–Crippen LogP) is 0.235. The Hall–Kier alpha value is -2.18. The highest BCUT2D eigenvalue weighted by Crippen LogP contribution is 2.26. The average Bonchev–Trinajstić information content (AvgIpc) is 3.18. The first-order valence-corrected chi connectivity index (χ1v) is 5.68. The van der Waals surface area contributed by atoms with Gasteiger partial charge in [-0.25, -0.2) is 14.8 Å². The minimum atomic E-state index is -1.00. The summed E-state index contributed by atoms with van der Waals surface area (Å²) in [6.07, 6.45) is 4.73. The van der Waals surface area contributed by atoms with Crippen molar-refractivity contribution in [2.75, 3.05) is 6.54 Å². The Balaban J connectivity index is 1.87. The Bertz CT molecular complexity index is 433. The molecule has 0 atom stereocenters. The van der Waals surface area contributed by atoms with Gasteiger partial charge in [0.15, 0.2) is 0 Å². The van der Waals surface area contributed by atoms with Gasteiger partial charge in [0.05, 0.1) is 12.2 Å². The molecule has 0 radical (unpaired) electrons. The summed E-state index contributed by atoms with van der Waals surface area (Å²) >= 11 is 0. The van der Waals surface area contributed by atoms with E-state index in [0.29, 0.717) is 5.69 Å². The monoisotopic (exact) mass is 250 g/mol. The molecule has 2 rings (SSSR count). The molecule has 2 N–H and O–H groups in total.